The summed E-state index contributed by atoms with van der Waals surface area (Å²) in [4.78, 5) is 1.13. The summed E-state index contributed by atoms with van der Waals surface area (Å²) in [5.41, 5.74) is 0. The summed E-state index contributed by atoms with van der Waals surface area (Å²) in [6.07, 6.45) is 0.583. The Labute approximate surface area is 80.2 Å². The van der Waals surface area contributed by atoms with Crippen LogP contribution in [0, 0.1) is 0 Å². The van der Waals surface area contributed by atoms with E-state index < -0.39 is 0 Å². The summed E-state index contributed by atoms with van der Waals surface area (Å²) in [6.45, 7) is 0.890. The van der Waals surface area contributed by atoms with Gasteiger partial charge in [-0.3, -0.25) is 0 Å². The van der Waals surface area contributed by atoms with Gasteiger partial charge in [0.05, 0.1) is 16.5 Å². The first kappa shape index (κ1) is 8.51. The van der Waals surface area contributed by atoms with Gasteiger partial charge < -0.3 is 10.4 Å². The van der Waals surface area contributed by atoms with Crippen molar-refractivity contribution in [2.24, 2.45) is 0 Å². The van der Waals surface area contributed by atoms with Gasteiger partial charge in [0.2, 0.25) is 0 Å². The highest BCUT2D eigenvalue weighted by molar-refractivity contribution is 7.16. The normalized spacial score (nSPS) is 29.5. The fraction of sp³-hybridized carbons (Fsp3) is 0.500. The molecule has 2 atom stereocenters. The highest BCUT2D eigenvalue weighted by Crippen LogP contribution is 2.31. The molecule has 2 heterocycles. The molecule has 1 aliphatic rings. The first-order valence-corrected chi connectivity index (χ1v) is 5.13. The Hall–Kier alpha value is -0.0900. The van der Waals surface area contributed by atoms with Crippen LogP contribution < -0.4 is 5.32 Å². The molecule has 0 amide bonds. The van der Waals surface area contributed by atoms with Crippen molar-refractivity contribution in [1.82, 2.24) is 5.32 Å². The van der Waals surface area contributed by atoms with Crippen LogP contribution in [0.1, 0.15) is 17.3 Å². The van der Waals surface area contributed by atoms with Crippen LogP contribution in [0.2, 0.25) is 4.34 Å². The third kappa shape index (κ3) is 1.50. The van der Waals surface area contributed by atoms with E-state index in [2.05, 4.69) is 5.32 Å². The topological polar surface area (TPSA) is 32.3 Å². The largest absolute Gasteiger partial charge is 0.391 e. The number of aliphatic hydroxyl groups is 1. The minimum absolute atomic E-state index is 0.0995. The minimum atomic E-state index is -0.250. The van der Waals surface area contributed by atoms with Gasteiger partial charge in [0.1, 0.15) is 0 Å². The molecule has 2 N–H and O–H groups in total. The van der Waals surface area contributed by atoms with Crippen molar-refractivity contribution in [3.8, 4) is 0 Å². The average Bonchev–Trinajstić information content (AvgIpc) is 2.58. The van der Waals surface area contributed by atoms with Crippen molar-refractivity contribution in [1.29, 1.82) is 0 Å². The predicted octanol–water partition coefficient (Wildman–Crippen LogP) is 1.80. The monoisotopic (exact) mass is 203 g/mol. The minimum Gasteiger partial charge on any atom is -0.391 e. The molecule has 1 aromatic heterocycles. The van der Waals surface area contributed by atoms with Crippen LogP contribution in [0.5, 0.6) is 0 Å². The maximum absolute atomic E-state index is 9.55. The molecule has 4 heteroatoms. The van der Waals surface area contributed by atoms with Gasteiger partial charge in [-0.1, -0.05) is 11.6 Å². The lowest BCUT2D eigenvalue weighted by Crippen LogP contribution is -2.19. The average molecular weight is 204 g/mol. The van der Waals surface area contributed by atoms with E-state index in [0.29, 0.717) is 0 Å². The maximum Gasteiger partial charge on any atom is 0.0931 e. The van der Waals surface area contributed by atoms with E-state index in [1.807, 2.05) is 12.1 Å². The summed E-state index contributed by atoms with van der Waals surface area (Å²) >= 11 is 7.33. The first-order valence-electron chi connectivity index (χ1n) is 3.94. The number of halogens is 1. The fourth-order valence-corrected chi connectivity index (χ4v) is 2.67. The Morgan fingerprint density at radius 2 is 2.42 bits per heavy atom. The molecular formula is C8H10ClNOS. The second kappa shape index (κ2) is 3.34. The quantitative estimate of drug-likeness (QED) is 0.730. The first-order chi connectivity index (χ1) is 5.77. The van der Waals surface area contributed by atoms with Gasteiger partial charge in [0, 0.05) is 4.88 Å². The molecule has 0 radical (unpaired) electrons. The SMILES string of the molecule is OC1CCNC1c1ccc(Cl)s1. The lowest BCUT2D eigenvalue weighted by Gasteiger charge is -2.11. The van der Waals surface area contributed by atoms with Crippen LogP contribution in [0.15, 0.2) is 12.1 Å². The van der Waals surface area contributed by atoms with Crippen LogP contribution in [0.4, 0.5) is 0 Å². The maximum atomic E-state index is 9.55. The molecule has 2 nitrogen and oxygen atoms in total. The molecular weight excluding hydrogens is 194 g/mol. The van der Waals surface area contributed by atoms with Gasteiger partial charge in [-0.25, -0.2) is 0 Å². The molecule has 0 aromatic carbocycles. The summed E-state index contributed by atoms with van der Waals surface area (Å²) in [5.74, 6) is 0. The number of rotatable bonds is 1. The molecule has 0 aliphatic carbocycles. The summed E-state index contributed by atoms with van der Waals surface area (Å²) < 4.78 is 0.783. The Morgan fingerprint density at radius 1 is 1.58 bits per heavy atom. The molecule has 12 heavy (non-hydrogen) atoms. The standard InChI is InChI=1S/C8H10ClNOS/c9-7-2-1-6(12-7)8-5(11)3-4-10-8/h1-2,5,8,10-11H,3-4H2. The zero-order valence-electron chi connectivity index (χ0n) is 6.46. The molecule has 2 unspecified atom stereocenters. The zero-order valence-corrected chi connectivity index (χ0v) is 8.03. The lowest BCUT2D eigenvalue weighted by atomic mass is 10.1. The summed E-state index contributed by atoms with van der Waals surface area (Å²) in [5, 5.41) is 12.8. The van der Waals surface area contributed by atoms with Gasteiger partial charge in [0.15, 0.2) is 0 Å². The van der Waals surface area contributed by atoms with E-state index in [0.717, 1.165) is 22.2 Å². The van der Waals surface area contributed by atoms with Gasteiger partial charge in [-0.05, 0) is 25.1 Å². The van der Waals surface area contributed by atoms with Gasteiger partial charge in [-0.15, -0.1) is 11.3 Å². The van der Waals surface area contributed by atoms with Crippen molar-refractivity contribution in [3.63, 3.8) is 0 Å². The van der Waals surface area contributed by atoms with Gasteiger partial charge in [-0.2, -0.15) is 0 Å². The smallest absolute Gasteiger partial charge is 0.0931 e. The Bertz CT molecular complexity index is 276. The number of nitrogens with one attached hydrogen (secondary N) is 1. The fourth-order valence-electron chi connectivity index (χ4n) is 1.48. The summed E-state index contributed by atoms with van der Waals surface area (Å²) in [7, 11) is 0. The molecule has 1 aliphatic heterocycles. The van der Waals surface area contributed by atoms with Crippen LogP contribution in [0.25, 0.3) is 0 Å². The van der Waals surface area contributed by atoms with Crippen LogP contribution in [0.3, 0.4) is 0 Å². The summed E-state index contributed by atoms with van der Waals surface area (Å²) in [6, 6.07) is 3.94. The van der Waals surface area contributed by atoms with E-state index in [-0.39, 0.29) is 12.1 Å². The molecule has 0 bridgehead atoms. The van der Waals surface area contributed by atoms with Crippen molar-refractivity contribution in [2.75, 3.05) is 6.54 Å². The zero-order chi connectivity index (χ0) is 8.55. The Morgan fingerprint density at radius 3 is 2.92 bits per heavy atom. The molecule has 1 fully saturated rings. The molecule has 1 aromatic rings. The highest BCUT2D eigenvalue weighted by Gasteiger charge is 2.26. The van der Waals surface area contributed by atoms with E-state index in [1.165, 1.54) is 11.3 Å². The molecule has 2 rings (SSSR count). The number of hydrogen-bond acceptors (Lipinski definition) is 3. The molecule has 0 saturated carbocycles. The number of hydrogen-bond donors (Lipinski definition) is 2. The lowest BCUT2D eigenvalue weighted by molar-refractivity contribution is 0.161. The molecule has 1 saturated heterocycles. The van der Waals surface area contributed by atoms with Crippen molar-refractivity contribution in [2.45, 2.75) is 18.6 Å². The Kier molecular flexibility index (Phi) is 2.37. The Balaban J connectivity index is 2.19. The van der Waals surface area contributed by atoms with Crippen LogP contribution in [-0.2, 0) is 0 Å². The van der Waals surface area contributed by atoms with Crippen LogP contribution in [-0.4, -0.2) is 17.8 Å². The highest BCUT2D eigenvalue weighted by atomic mass is 35.5. The second-order valence-electron chi connectivity index (χ2n) is 2.93. The third-order valence-corrected chi connectivity index (χ3v) is 3.40. The third-order valence-electron chi connectivity index (χ3n) is 2.09. The van der Waals surface area contributed by atoms with E-state index >= 15 is 0 Å². The molecule has 0 spiro atoms. The van der Waals surface area contributed by atoms with Gasteiger partial charge >= 0.3 is 0 Å². The number of thiophene rings is 1. The van der Waals surface area contributed by atoms with E-state index in [1.54, 1.807) is 0 Å². The van der Waals surface area contributed by atoms with Crippen molar-refractivity contribution < 1.29 is 5.11 Å². The van der Waals surface area contributed by atoms with Crippen molar-refractivity contribution >= 4 is 22.9 Å². The van der Waals surface area contributed by atoms with E-state index in [4.69, 9.17) is 11.6 Å². The van der Waals surface area contributed by atoms with Crippen LogP contribution >= 0.6 is 22.9 Å². The second-order valence-corrected chi connectivity index (χ2v) is 4.68. The van der Waals surface area contributed by atoms with Crippen molar-refractivity contribution in [3.05, 3.63) is 21.3 Å². The van der Waals surface area contributed by atoms with E-state index in [9.17, 15) is 5.11 Å². The predicted molar refractivity (Wildman–Crippen MR) is 50.7 cm³/mol. The van der Waals surface area contributed by atoms with Gasteiger partial charge in [0.25, 0.3) is 0 Å². The number of aliphatic hydroxyl groups excluding tert-OH is 1. The molecule has 66 valence electrons.